The fraction of sp³-hybridized carbons (Fsp3) is 0.562. The van der Waals surface area contributed by atoms with Gasteiger partial charge in [0.15, 0.2) is 8.32 Å². The molecule has 2 aromatic rings. The van der Waals surface area contributed by atoms with E-state index < -0.39 is 34.7 Å². The van der Waals surface area contributed by atoms with Gasteiger partial charge in [0.25, 0.3) is 0 Å². The lowest BCUT2D eigenvalue weighted by Crippen LogP contribution is -2.45. The Morgan fingerprint density at radius 1 is 0.789 bits per heavy atom. The zero-order chi connectivity index (χ0) is 28.4. The SMILES string of the molecule is CC1(C)OB(/C(=C(\CCCCO[Si](C)(C)C(C)(C)C)[Si](C)(C)c2ccccc2)c2ccccc2)OC1(C)C. The third kappa shape index (κ3) is 6.82. The van der Waals surface area contributed by atoms with Crippen LogP contribution in [0.25, 0.3) is 5.47 Å². The first-order valence-corrected chi connectivity index (χ1v) is 20.2. The predicted octanol–water partition coefficient (Wildman–Crippen LogP) is 8.42. The fourth-order valence-corrected chi connectivity index (χ4v) is 8.99. The lowest BCUT2D eigenvalue weighted by atomic mass is 9.73. The second-order valence-corrected chi connectivity index (χ2v) is 23.1. The maximum atomic E-state index is 6.73. The van der Waals surface area contributed by atoms with Crippen LogP contribution in [0.5, 0.6) is 0 Å². The summed E-state index contributed by atoms with van der Waals surface area (Å²) in [6, 6.07) is 21.8. The van der Waals surface area contributed by atoms with Gasteiger partial charge in [-0.25, -0.2) is 0 Å². The molecule has 208 valence electrons. The van der Waals surface area contributed by atoms with Crippen molar-refractivity contribution in [2.24, 2.45) is 0 Å². The molecule has 1 aliphatic rings. The molecule has 0 radical (unpaired) electrons. The van der Waals surface area contributed by atoms with Gasteiger partial charge in [0, 0.05) is 6.61 Å². The first-order chi connectivity index (χ1) is 17.5. The Bertz CT molecular complexity index is 1070. The van der Waals surface area contributed by atoms with E-state index in [0.717, 1.165) is 25.9 Å². The Balaban J connectivity index is 2.02. The molecule has 1 aliphatic heterocycles. The molecule has 1 fully saturated rings. The number of allylic oxidation sites excluding steroid dienone is 1. The zero-order valence-electron chi connectivity index (χ0n) is 25.9. The predicted molar refractivity (Wildman–Crippen MR) is 170 cm³/mol. The van der Waals surface area contributed by atoms with Crippen LogP contribution in [0.4, 0.5) is 0 Å². The molecule has 1 saturated heterocycles. The van der Waals surface area contributed by atoms with Crippen LogP contribution in [0, 0.1) is 0 Å². The van der Waals surface area contributed by atoms with Crippen LogP contribution in [-0.4, -0.2) is 41.3 Å². The lowest BCUT2D eigenvalue weighted by Gasteiger charge is -2.36. The van der Waals surface area contributed by atoms with Gasteiger partial charge >= 0.3 is 7.12 Å². The highest BCUT2D eigenvalue weighted by molar-refractivity contribution is 6.98. The summed E-state index contributed by atoms with van der Waals surface area (Å²) in [5, 5.41) is 3.19. The van der Waals surface area contributed by atoms with Crippen LogP contribution in [0.1, 0.15) is 73.3 Å². The monoisotopic (exact) mass is 550 g/mol. The van der Waals surface area contributed by atoms with E-state index in [-0.39, 0.29) is 5.04 Å². The van der Waals surface area contributed by atoms with Crippen molar-refractivity contribution < 1.29 is 13.7 Å². The van der Waals surface area contributed by atoms with Crippen molar-refractivity contribution in [2.45, 2.75) is 110 Å². The Labute approximate surface area is 235 Å². The van der Waals surface area contributed by atoms with Crippen molar-refractivity contribution in [3.63, 3.8) is 0 Å². The van der Waals surface area contributed by atoms with E-state index in [0.29, 0.717) is 0 Å². The van der Waals surface area contributed by atoms with E-state index in [2.05, 4.69) is 135 Å². The summed E-state index contributed by atoms with van der Waals surface area (Å²) in [4.78, 5) is 0. The van der Waals surface area contributed by atoms with Crippen LogP contribution >= 0.6 is 0 Å². The van der Waals surface area contributed by atoms with E-state index in [1.807, 2.05) is 0 Å². The average Bonchev–Trinajstić information content (AvgIpc) is 3.04. The first kappa shape index (κ1) is 31.1. The lowest BCUT2D eigenvalue weighted by molar-refractivity contribution is 0.00578. The number of rotatable bonds is 10. The van der Waals surface area contributed by atoms with Gasteiger partial charge in [0.1, 0.15) is 8.07 Å². The van der Waals surface area contributed by atoms with Gasteiger partial charge in [0.2, 0.25) is 0 Å². The van der Waals surface area contributed by atoms with Gasteiger partial charge in [-0.15, -0.1) is 0 Å². The molecule has 2 aromatic carbocycles. The third-order valence-corrected chi connectivity index (χ3v) is 17.6. The zero-order valence-corrected chi connectivity index (χ0v) is 27.9. The molecular weight excluding hydrogens is 499 g/mol. The van der Waals surface area contributed by atoms with Gasteiger partial charge < -0.3 is 13.7 Å². The fourth-order valence-electron chi connectivity index (χ4n) is 4.79. The maximum absolute atomic E-state index is 6.73. The summed E-state index contributed by atoms with van der Waals surface area (Å²) < 4.78 is 20.0. The largest absolute Gasteiger partial charge is 0.495 e. The molecule has 0 N–H and O–H groups in total. The maximum Gasteiger partial charge on any atom is 0.495 e. The van der Waals surface area contributed by atoms with E-state index in [1.54, 1.807) is 0 Å². The minimum absolute atomic E-state index is 0.234. The third-order valence-electron chi connectivity index (χ3n) is 9.24. The van der Waals surface area contributed by atoms with Gasteiger partial charge in [-0.2, -0.15) is 0 Å². The summed E-state index contributed by atoms with van der Waals surface area (Å²) >= 11 is 0. The Hall–Kier alpha value is -1.44. The standard InChI is InChI=1S/C32H51BO3Si2/c1-30(2,3)38(10,11)34-25-19-18-24-28(37(8,9)27-22-16-13-17-23-27)29(26-20-14-12-15-21-26)33-35-31(4,5)32(6,7)36-33/h12-17,20-23H,18-19,24-25H2,1-11H3/b29-28+. The first-order valence-electron chi connectivity index (χ1n) is 14.3. The molecule has 0 unspecified atom stereocenters. The summed E-state index contributed by atoms with van der Waals surface area (Å²) in [6.45, 7) is 26.0. The van der Waals surface area contributed by atoms with Crippen LogP contribution in [0.2, 0.25) is 31.2 Å². The molecular formula is C32H51BO3Si2. The molecule has 3 nitrogen and oxygen atoms in total. The van der Waals surface area contributed by atoms with Crippen molar-refractivity contribution in [3.05, 3.63) is 71.4 Å². The molecule has 0 aliphatic carbocycles. The van der Waals surface area contributed by atoms with Gasteiger partial charge in [-0.1, -0.05) is 105 Å². The molecule has 1 heterocycles. The van der Waals surface area contributed by atoms with Crippen molar-refractivity contribution >= 4 is 34.2 Å². The number of hydrogen-bond acceptors (Lipinski definition) is 3. The summed E-state index contributed by atoms with van der Waals surface area (Å²) in [6.07, 6.45) is 3.16. The normalized spacial score (nSPS) is 18.4. The second kappa shape index (κ2) is 11.6. The molecule has 0 aromatic heterocycles. The molecule has 0 atom stereocenters. The topological polar surface area (TPSA) is 27.7 Å². The Kier molecular flexibility index (Phi) is 9.47. The molecule has 0 bridgehead atoms. The van der Waals surface area contributed by atoms with Crippen molar-refractivity contribution in [2.75, 3.05) is 6.61 Å². The van der Waals surface area contributed by atoms with Crippen LogP contribution in [0.3, 0.4) is 0 Å². The van der Waals surface area contributed by atoms with E-state index in [1.165, 1.54) is 21.4 Å². The van der Waals surface area contributed by atoms with Crippen molar-refractivity contribution in [1.29, 1.82) is 0 Å². The van der Waals surface area contributed by atoms with Crippen LogP contribution in [-0.2, 0) is 13.7 Å². The summed E-state index contributed by atoms with van der Waals surface area (Å²) in [5.74, 6) is 0. The van der Waals surface area contributed by atoms with E-state index in [9.17, 15) is 0 Å². The molecule has 0 saturated carbocycles. The van der Waals surface area contributed by atoms with Gasteiger partial charge in [-0.3, -0.25) is 0 Å². The Morgan fingerprint density at radius 3 is 1.79 bits per heavy atom. The highest BCUT2D eigenvalue weighted by atomic mass is 28.4. The number of hydrogen-bond donors (Lipinski definition) is 0. The van der Waals surface area contributed by atoms with Gasteiger partial charge in [-0.05, 0) is 76.1 Å². The highest BCUT2D eigenvalue weighted by Gasteiger charge is 2.53. The minimum Gasteiger partial charge on any atom is -0.417 e. The van der Waals surface area contributed by atoms with Gasteiger partial charge in [0.05, 0.1) is 11.2 Å². The number of benzene rings is 2. The average molecular weight is 551 g/mol. The number of unbranched alkanes of at least 4 members (excludes halogenated alkanes) is 1. The molecule has 3 rings (SSSR count). The smallest absolute Gasteiger partial charge is 0.417 e. The molecule has 0 spiro atoms. The minimum atomic E-state index is -2.05. The highest BCUT2D eigenvalue weighted by Crippen LogP contribution is 2.43. The molecule has 0 amide bonds. The van der Waals surface area contributed by atoms with Crippen molar-refractivity contribution in [3.8, 4) is 0 Å². The second-order valence-electron chi connectivity index (χ2n) is 13.9. The van der Waals surface area contributed by atoms with Crippen LogP contribution < -0.4 is 5.19 Å². The van der Waals surface area contributed by atoms with Crippen LogP contribution in [0.15, 0.2) is 65.9 Å². The van der Waals surface area contributed by atoms with E-state index in [4.69, 9.17) is 13.7 Å². The molecule has 38 heavy (non-hydrogen) atoms. The Morgan fingerprint density at radius 2 is 1.29 bits per heavy atom. The molecule has 6 heteroatoms. The van der Waals surface area contributed by atoms with Crippen molar-refractivity contribution in [1.82, 2.24) is 0 Å². The quantitative estimate of drug-likeness (QED) is 0.220. The summed E-state index contributed by atoms with van der Waals surface area (Å²) in [5.41, 5.74) is 1.65. The van der Waals surface area contributed by atoms with E-state index >= 15 is 0 Å². The summed E-state index contributed by atoms with van der Waals surface area (Å²) in [7, 11) is -4.19.